The van der Waals surface area contributed by atoms with Gasteiger partial charge in [-0.1, -0.05) is 30.3 Å². The van der Waals surface area contributed by atoms with Crippen LogP contribution in [-0.4, -0.2) is 33.2 Å². The second kappa shape index (κ2) is 6.32. The summed E-state index contributed by atoms with van der Waals surface area (Å²) in [7, 11) is 0. The van der Waals surface area contributed by atoms with Crippen LogP contribution in [0.15, 0.2) is 42.7 Å². The van der Waals surface area contributed by atoms with Gasteiger partial charge in [0.2, 0.25) is 5.91 Å². The van der Waals surface area contributed by atoms with Gasteiger partial charge in [0, 0.05) is 12.2 Å². The van der Waals surface area contributed by atoms with E-state index in [4.69, 9.17) is 5.73 Å². The molecule has 0 bridgehead atoms. The van der Waals surface area contributed by atoms with Crippen molar-refractivity contribution in [2.24, 2.45) is 5.73 Å². The third kappa shape index (κ3) is 3.04. The van der Waals surface area contributed by atoms with Gasteiger partial charge in [0.15, 0.2) is 0 Å². The number of primary amides is 1. The van der Waals surface area contributed by atoms with Crippen molar-refractivity contribution in [2.75, 3.05) is 6.54 Å². The summed E-state index contributed by atoms with van der Waals surface area (Å²) in [6.45, 7) is 3.73. The molecule has 1 saturated heterocycles. The Bertz CT molecular complexity index is 637. The molecule has 1 amide bonds. The Labute approximate surface area is 130 Å². The normalized spacial score (nSPS) is 20.1. The van der Waals surface area contributed by atoms with E-state index in [1.165, 1.54) is 0 Å². The number of nitrogens with zero attached hydrogens (tertiary/aromatic N) is 3. The summed E-state index contributed by atoms with van der Waals surface area (Å²) in [5, 5.41) is 4.36. The highest BCUT2D eigenvalue weighted by Gasteiger charge is 2.34. The molecule has 5 heteroatoms. The maximum atomic E-state index is 12.0. The van der Waals surface area contributed by atoms with Gasteiger partial charge in [0.05, 0.1) is 12.7 Å². The number of aryl methyl sites for hydroxylation is 1. The molecule has 1 aliphatic rings. The number of likely N-dealkylation sites (tertiary alicyclic amines) is 1. The van der Waals surface area contributed by atoms with Crippen LogP contribution in [0.5, 0.6) is 0 Å². The number of carbonyl (C=O) groups is 1. The second-order valence-corrected chi connectivity index (χ2v) is 5.99. The van der Waals surface area contributed by atoms with Gasteiger partial charge in [-0.15, -0.1) is 0 Å². The monoisotopic (exact) mass is 298 g/mol. The Morgan fingerprint density at radius 3 is 2.82 bits per heavy atom. The molecular formula is C17H22N4O. The Kier molecular flexibility index (Phi) is 4.24. The maximum Gasteiger partial charge on any atom is 0.239 e. The lowest BCUT2D eigenvalue weighted by atomic mass is 10.0. The third-order valence-electron chi connectivity index (χ3n) is 4.30. The Balaban J connectivity index is 1.82. The van der Waals surface area contributed by atoms with Crippen LogP contribution in [0.1, 0.15) is 30.0 Å². The van der Waals surface area contributed by atoms with Crippen molar-refractivity contribution in [3.63, 3.8) is 0 Å². The Hall–Kier alpha value is -2.14. The summed E-state index contributed by atoms with van der Waals surface area (Å²) < 4.78 is 1.96. The van der Waals surface area contributed by atoms with Crippen molar-refractivity contribution in [1.82, 2.24) is 14.7 Å². The van der Waals surface area contributed by atoms with Crippen molar-refractivity contribution < 1.29 is 4.79 Å². The van der Waals surface area contributed by atoms with E-state index in [0.29, 0.717) is 0 Å². The van der Waals surface area contributed by atoms with Gasteiger partial charge >= 0.3 is 0 Å². The highest BCUT2D eigenvalue weighted by atomic mass is 16.1. The quantitative estimate of drug-likeness (QED) is 0.916. The van der Waals surface area contributed by atoms with Crippen LogP contribution in [0.25, 0.3) is 0 Å². The molecule has 0 spiro atoms. The summed E-state index contributed by atoms with van der Waals surface area (Å²) in [6.07, 6.45) is 6.05. The van der Waals surface area contributed by atoms with Crippen molar-refractivity contribution in [1.29, 1.82) is 0 Å². The molecule has 1 aliphatic heterocycles. The first kappa shape index (κ1) is 14.8. The van der Waals surface area contributed by atoms with E-state index in [-0.39, 0.29) is 18.0 Å². The molecule has 2 atom stereocenters. The zero-order valence-electron chi connectivity index (χ0n) is 12.9. The number of rotatable bonds is 5. The number of nitrogens with two attached hydrogens (primary N) is 1. The molecule has 0 saturated carbocycles. The van der Waals surface area contributed by atoms with Crippen LogP contribution in [0.3, 0.4) is 0 Å². The van der Waals surface area contributed by atoms with Crippen LogP contribution >= 0.6 is 0 Å². The largest absolute Gasteiger partial charge is 0.368 e. The molecule has 22 heavy (non-hydrogen) atoms. The molecule has 1 aromatic carbocycles. The van der Waals surface area contributed by atoms with Crippen LogP contribution in [0.2, 0.25) is 0 Å². The van der Waals surface area contributed by atoms with Crippen LogP contribution in [-0.2, 0) is 11.3 Å². The average Bonchev–Trinajstić information content (AvgIpc) is 3.10. The number of carbonyl (C=O) groups excluding carboxylic acids is 1. The van der Waals surface area contributed by atoms with Crippen LogP contribution in [0.4, 0.5) is 0 Å². The molecule has 116 valence electrons. The number of benzene rings is 1. The maximum absolute atomic E-state index is 12.0. The minimum atomic E-state index is -0.356. The molecule has 2 N–H and O–H groups in total. The lowest BCUT2D eigenvalue weighted by molar-refractivity contribution is -0.124. The first-order valence-corrected chi connectivity index (χ1v) is 7.74. The Morgan fingerprint density at radius 2 is 2.18 bits per heavy atom. The lowest BCUT2D eigenvalue weighted by Crippen LogP contribution is -2.42. The van der Waals surface area contributed by atoms with E-state index < -0.39 is 0 Å². The van der Waals surface area contributed by atoms with Gasteiger partial charge in [-0.3, -0.25) is 14.4 Å². The van der Waals surface area contributed by atoms with Crippen LogP contribution in [0, 0.1) is 6.92 Å². The summed E-state index contributed by atoms with van der Waals surface area (Å²) in [4.78, 5) is 14.3. The Morgan fingerprint density at radius 1 is 1.41 bits per heavy atom. The fourth-order valence-electron chi connectivity index (χ4n) is 3.33. The van der Waals surface area contributed by atoms with Gasteiger partial charge in [0.1, 0.15) is 6.04 Å². The molecule has 3 rings (SSSR count). The SMILES string of the molecule is Cc1cnn(C[C@@H]2CCCN2[C@@H](C(N)=O)c2ccccc2)c1. The second-order valence-electron chi connectivity index (χ2n) is 5.99. The molecule has 0 radical (unpaired) electrons. The molecular weight excluding hydrogens is 276 g/mol. The van der Waals surface area contributed by atoms with Crippen LogP contribution < -0.4 is 5.73 Å². The average molecular weight is 298 g/mol. The summed E-state index contributed by atoms with van der Waals surface area (Å²) in [5.74, 6) is -0.283. The minimum Gasteiger partial charge on any atom is -0.368 e. The minimum absolute atomic E-state index is 0.283. The third-order valence-corrected chi connectivity index (χ3v) is 4.30. The molecule has 5 nitrogen and oxygen atoms in total. The molecule has 0 aliphatic carbocycles. The molecule has 2 aromatic rings. The summed E-state index contributed by atoms with van der Waals surface area (Å²) >= 11 is 0. The van der Waals surface area contributed by atoms with Gasteiger partial charge in [-0.25, -0.2) is 0 Å². The fourth-order valence-corrected chi connectivity index (χ4v) is 3.33. The van der Waals surface area contributed by atoms with Crippen molar-refractivity contribution >= 4 is 5.91 Å². The first-order valence-electron chi connectivity index (χ1n) is 7.74. The smallest absolute Gasteiger partial charge is 0.239 e. The van der Waals surface area contributed by atoms with E-state index >= 15 is 0 Å². The van der Waals surface area contributed by atoms with Crippen molar-refractivity contribution in [2.45, 2.75) is 38.4 Å². The van der Waals surface area contributed by atoms with E-state index in [1.54, 1.807) is 0 Å². The first-order chi connectivity index (χ1) is 10.6. The molecule has 1 aromatic heterocycles. The summed E-state index contributed by atoms with van der Waals surface area (Å²) in [6, 6.07) is 9.74. The van der Waals surface area contributed by atoms with E-state index in [0.717, 1.165) is 37.1 Å². The zero-order chi connectivity index (χ0) is 15.5. The standard InChI is InChI=1S/C17H22N4O/c1-13-10-19-20(11-13)12-15-8-5-9-21(15)16(17(18)22)14-6-3-2-4-7-14/h2-4,6-7,10-11,15-16H,5,8-9,12H2,1H3,(H2,18,22)/t15-,16+/m0/s1. The van der Waals surface area contributed by atoms with Gasteiger partial charge in [-0.2, -0.15) is 5.10 Å². The van der Waals surface area contributed by atoms with Gasteiger partial charge in [-0.05, 0) is 37.4 Å². The van der Waals surface area contributed by atoms with Crippen molar-refractivity contribution in [3.8, 4) is 0 Å². The predicted octanol–water partition coefficient (Wildman–Crippen LogP) is 1.88. The highest BCUT2D eigenvalue weighted by molar-refractivity contribution is 5.81. The van der Waals surface area contributed by atoms with E-state index in [9.17, 15) is 4.79 Å². The topological polar surface area (TPSA) is 64.2 Å². The van der Waals surface area contributed by atoms with E-state index in [2.05, 4.69) is 10.00 Å². The number of hydrogen-bond donors (Lipinski definition) is 1. The fraction of sp³-hybridized carbons (Fsp3) is 0.412. The predicted molar refractivity (Wildman–Crippen MR) is 85.1 cm³/mol. The number of hydrogen-bond acceptors (Lipinski definition) is 3. The highest BCUT2D eigenvalue weighted by Crippen LogP contribution is 2.30. The number of aromatic nitrogens is 2. The van der Waals surface area contributed by atoms with Crippen molar-refractivity contribution in [3.05, 3.63) is 53.9 Å². The van der Waals surface area contributed by atoms with Gasteiger partial charge in [0.25, 0.3) is 0 Å². The summed E-state index contributed by atoms with van der Waals surface area (Å²) in [5.41, 5.74) is 7.83. The van der Waals surface area contributed by atoms with E-state index in [1.807, 2.05) is 54.3 Å². The lowest BCUT2D eigenvalue weighted by Gasteiger charge is -2.31. The molecule has 0 unspecified atom stereocenters. The molecule has 1 fully saturated rings. The van der Waals surface area contributed by atoms with Gasteiger partial charge < -0.3 is 5.73 Å². The zero-order valence-corrected chi connectivity index (χ0v) is 12.9. The molecule has 2 heterocycles. The number of amides is 1.